The average molecular weight is 498 g/mol. The second-order valence-electron chi connectivity index (χ2n) is 10.7. The molecular weight excluding hydrogens is 466 g/mol. The van der Waals surface area contributed by atoms with E-state index in [-0.39, 0.29) is 36.6 Å². The van der Waals surface area contributed by atoms with E-state index in [1.807, 2.05) is 63.2 Å². The van der Waals surface area contributed by atoms with Gasteiger partial charge in [-0.3, -0.25) is 14.4 Å². The van der Waals surface area contributed by atoms with Crippen LogP contribution in [0.1, 0.15) is 48.3 Å². The predicted octanol–water partition coefficient (Wildman–Crippen LogP) is 3.66. The van der Waals surface area contributed by atoms with E-state index in [4.69, 9.17) is 0 Å². The van der Waals surface area contributed by atoms with Crippen LogP contribution in [-0.2, 0) is 15.0 Å². The minimum absolute atomic E-state index is 0.109. The number of carbonyl (C=O) groups is 3. The summed E-state index contributed by atoms with van der Waals surface area (Å²) in [5, 5.41) is 13.9. The molecule has 1 saturated heterocycles. The van der Waals surface area contributed by atoms with Crippen LogP contribution >= 0.6 is 0 Å². The number of aryl methyl sites for hydroxylation is 1. The number of hydrogen-bond donors (Lipinski definition) is 2. The number of H-pyrrole nitrogens is 1. The van der Waals surface area contributed by atoms with Crippen LogP contribution in [0.5, 0.6) is 0 Å². The van der Waals surface area contributed by atoms with Crippen molar-refractivity contribution in [1.82, 2.24) is 15.2 Å². The molecular formula is C29H31N5O3. The van der Waals surface area contributed by atoms with Gasteiger partial charge in [-0.15, -0.1) is 0 Å². The highest BCUT2D eigenvalue weighted by atomic mass is 16.2. The predicted molar refractivity (Wildman–Crippen MR) is 141 cm³/mol. The Hall–Kier alpha value is -4.12. The highest BCUT2D eigenvalue weighted by molar-refractivity contribution is 6.09. The maximum atomic E-state index is 13.9. The van der Waals surface area contributed by atoms with Crippen molar-refractivity contribution in [1.29, 1.82) is 5.26 Å². The Bertz CT molecular complexity index is 1450. The van der Waals surface area contributed by atoms with Crippen molar-refractivity contribution < 1.29 is 14.4 Å². The molecule has 37 heavy (non-hydrogen) atoms. The summed E-state index contributed by atoms with van der Waals surface area (Å²) < 4.78 is 0. The van der Waals surface area contributed by atoms with E-state index in [1.54, 1.807) is 18.0 Å². The van der Waals surface area contributed by atoms with E-state index in [0.29, 0.717) is 12.1 Å². The Labute approximate surface area is 216 Å². The number of aromatic nitrogens is 1. The molecule has 3 amide bonds. The number of anilines is 1. The molecule has 0 aliphatic carbocycles. The minimum atomic E-state index is -0.956. The topological polar surface area (TPSA) is 109 Å². The van der Waals surface area contributed by atoms with E-state index >= 15 is 0 Å². The number of nitriles is 1. The molecule has 3 aromatic rings. The van der Waals surface area contributed by atoms with Gasteiger partial charge in [0.05, 0.1) is 11.5 Å². The van der Waals surface area contributed by atoms with Crippen molar-refractivity contribution in [2.75, 3.05) is 18.5 Å². The van der Waals surface area contributed by atoms with Crippen molar-refractivity contribution in [2.24, 2.45) is 5.92 Å². The third kappa shape index (κ3) is 3.95. The van der Waals surface area contributed by atoms with Gasteiger partial charge in [0.25, 0.3) is 5.91 Å². The third-order valence-corrected chi connectivity index (χ3v) is 7.72. The lowest BCUT2D eigenvalue weighted by Crippen LogP contribution is -2.51. The average Bonchev–Trinajstić information content (AvgIpc) is 3.55. The lowest BCUT2D eigenvalue weighted by Gasteiger charge is -2.28. The first-order valence-electron chi connectivity index (χ1n) is 12.6. The number of rotatable bonds is 5. The van der Waals surface area contributed by atoms with Crippen molar-refractivity contribution in [3.8, 4) is 6.07 Å². The number of likely N-dealkylation sites (tertiary alicyclic amines) is 1. The fraction of sp³-hybridized carbons (Fsp3) is 0.379. The smallest absolute Gasteiger partial charge is 0.268 e. The summed E-state index contributed by atoms with van der Waals surface area (Å²) in [6, 6.07) is 15.8. The third-order valence-electron chi connectivity index (χ3n) is 7.72. The summed E-state index contributed by atoms with van der Waals surface area (Å²) >= 11 is 0. The highest BCUT2D eigenvalue weighted by Crippen LogP contribution is 2.48. The van der Waals surface area contributed by atoms with Crippen LogP contribution in [0.2, 0.25) is 0 Å². The molecule has 1 aromatic heterocycles. The van der Waals surface area contributed by atoms with Crippen LogP contribution in [0.4, 0.5) is 5.69 Å². The zero-order valence-corrected chi connectivity index (χ0v) is 21.5. The second-order valence-corrected chi connectivity index (χ2v) is 10.7. The van der Waals surface area contributed by atoms with Gasteiger partial charge < -0.3 is 20.1 Å². The van der Waals surface area contributed by atoms with Gasteiger partial charge >= 0.3 is 0 Å². The standard InChI is InChI=1S/C29H31N5O3/c1-17(2)12-24(32-26(35)23-13-20-18(3)8-7-10-22(20)31-23)27(36)34-16-29(14-19(34)15-30)21-9-5-6-11-25(21)33(4)28(29)37/h5-11,13,17,19,24,31H,12,14,16H2,1-4H3,(H,32,35)/t19-,24-,29-/m0/s1. The fourth-order valence-electron chi connectivity index (χ4n) is 5.88. The lowest BCUT2D eigenvalue weighted by atomic mass is 9.79. The largest absolute Gasteiger partial charge is 0.351 e. The van der Waals surface area contributed by atoms with Gasteiger partial charge in [0, 0.05) is 36.6 Å². The maximum absolute atomic E-state index is 13.9. The Kier molecular flexibility index (Phi) is 6.03. The molecule has 8 heteroatoms. The van der Waals surface area contributed by atoms with E-state index in [2.05, 4.69) is 16.4 Å². The van der Waals surface area contributed by atoms with Crippen LogP contribution in [0.25, 0.3) is 10.9 Å². The number of amides is 3. The molecule has 3 heterocycles. The van der Waals surface area contributed by atoms with Crippen molar-refractivity contribution in [3.63, 3.8) is 0 Å². The number of fused-ring (bicyclic) bond motifs is 3. The normalized spacial score (nSPS) is 21.5. The van der Waals surface area contributed by atoms with Crippen molar-refractivity contribution in [3.05, 3.63) is 65.4 Å². The number of carbonyl (C=O) groups excluding carboxylic acids is 3. The molecule has 2 aliphatic heterocycles. The second kappa shape index (κ2) is 9.07. The van der Waals surface area contributed by atoms with Crippen LogP contribution in [-0.4, -0.2) is 53.3 Å². The van der Waals surface area contributed by atoms with E-state index < -0.39 is 17.5 Å². The van der Waals surface area contributed by atoms with Crippen LogP contribution in [0.15, 0.2) is 48.5 Å². The summed E-state index contributed by atoms with van der Waals surface area (Å²) in [5.41, 5.74) is 2.97. The monoisotopic (exact) mass is 497 g/mol. The molecule has 2 aromatic carbocycles. The zero-order valence-electron chi connectivity index (χ0n) is 21.5. The molecule has 0 bridgehead atoms. The number of benzene rings is 2. The number of nitrogens with zero attached hydrogens (tertiary/aromatic N) is 3. The number of likely N-dealkylation sites (N-methyl/N-ethyl adjacent to an activating group) is 1. The Balaban J connectivity index is 1.44. The van der Waals surface area contributed by atoms with Crippen LogP contribution in [0.3, 0.4) is 0 Å². The SMILES string of the molecule is Cc1cccc2[nH]c(C(=O)N[C@@H](CC(C)C)C(=O)N3C[C@]4(C[C@H]3C#N)C(=O)N(C)c3ccccc34)cc12. The van der Waals surface area contributed by atoms with Crippen molar-refractivity contribution >= 4 is 34.3 Å². The van der Waals surface area contributed by atoms with Gasteiger partial charge in [-0.25, -0.2) is 0 Å². The van der Waals surface area contributed by atoms with E-state index in [0.717, 1.165) is 27.7 Å². The molecule has 190 valence electrons. The molecule has 0 unspecified atom stereocenters. The summed E-state index contributed by atoms with van der Waals surface area (Å²) in [6.45, 7) is 6.06. The van der Waals surface area contributed by atoms with Gasteiger partial charge in [-0.2, -0.15) is 5.26 Å². The van der Waals surface area contributed by atoms with Gasteiger partial charge in [0.15, 0.2) is 0 Å². The maximum Gasteiger partial charge on any atom is 0.268 e. The molecule has 2 aliphatic rings. The molecule has 3 atom stereocenters. The number of aromatic amines is 1. The highest BCUT2D eigenvalue weighted by Gasteiger charge is 2.58. The summed E-state index contributed by atoms with van der Waals surface area (Å²) in [7, 11) is 1.73. The van der Waals surface area contributed by atoms with Gasteiger partial charge in [0.2, 0.25) is 11.8 Å². The Morgan fingerprint density at radius 3 is 2.68 bits per heavy atom. The summed E-state index contributed by atoms with van der Waals surface area (Å²) in [6.07, 6.45) is 0.648. The summed E-state index contributed by atoms with van der Waals surface area (Å²) in [5.74, 6) is -0.699. The first-order chi connectivity index (χ1) is 17.7. The Morgan fingerprint density at radius 1 is 1.22 bits per heavy atom. The van der Waals surface area contributed by atoms with Crippen LogP contribution < -0.4 is 10.2 Å². The molecule has 1 spiro atoms. The molecule has 1 fully saturated rings. The Morgan fingerprint density at radius 2 is 1.97 bits per heavy atom. The van der Waals surface area contributed by atoms with Gasteiger partial charge in [0.1, 0.15) is 17.8 Å². The lowest BCUT2D eigenvalue weighted by molar-refractivity contribution is -0.134. The molecule has 8 nitrogen and oxygen atoms in total. The van der Waals surface area contributed by atoms with E-state index in [9.17, 15) is 19.6 Å². The molecule has 0 saturated carbocycles. The molecule has 2 N–H and O–H groups in total. The van der Waals surface area contributed by atoms with Crippen molar-refractivity contribution in [2.45, 2.75) is 51.1 Å². The first kappa shape index (κ1) is 24.6. The quantitative estimate of drug-likeness (QED) is 0.561. The summed E-state index contributed by atoms with van der Waals surface area (Å²) in [4.78, 5) is 46.9. The fourth-order valence-corrected chi connectivity index (χ4v) is 5.88. The molecule has 0 radical (unpaired) electrons. The number of nitrogens with one attached hydrogen (secondary N) is 2. The van der Waals surface area contributed by atoms with Gasteiger partial charge in [-0.1, -0.05) is 44.2 Å². The molecule has 5 rings (SSSR count). The van der Waals surface area contributed by atoms with Gasteiger partial charge in [-0.05, 0) is 48.6 Å². The zero-order chi connectivity index (χ0) is 26.5. The van der Waals surface area contributed by atoms with Crippen LogP contribution in [0, 0.1) is 24.2 Å². The minimum Gasteiger partial charge on any atom is -0.351 e. The first-order valence-corrected chi connectivity index (χ1v) is 12.6. The van der Waals surface area contributed by atoms with E-state index in [1.165, 1.54) is 4.90 Å². The number of hydrogen-bond acceptors (Lipinski definition) is 4. The number of para-hydroxylation sites is 1.